The summed E-state index contributed by atoms with van der Waals surface area (Å²) in [5.41, 5.74) is 7.18. The summed E-state index contributed by atoms with van der Waals surface area (Å²) in [7, 11) is 1.79. The third-order valence-corrected chi connectivity index (χ3v) is 3.98. The Morgan fingerprint density at radius 3 is 2.44 bits per heavy atom. The molecule has 1 fully saturated rings. The number of hydrogen-bond donors (Lipinski definition) is 1. The fraction of sp³-hybridized carbons (Fsp3) is 0.571. The van der Waals surface area contributed by atoms with Crippen molar-refractivity contribution in [3.8, 4) is 0 Å². The van der Waals surface area contributed by atoms with Crippen LogP contribution in [0.1, 0.15) is 24.4 Å². The number of piperidine rings is 1. The van der Waals surface area contributed by atoms with Crippen molar-refractivity contribution in [1.29, 1.82) is 0 Å². The second-order valence-electron chi connectivity index (χ2n) is 4.77. The lowest BCUT2D eigenvalue weighted by Crippen LogP contribution is -2.41. The van der Waals surface area contributed by atoms with Crippen molar-refractivity contribution in [2.45, 2.75) is 25.0 Å². The molecule has 1 aliphatic heterocycles. The third kappa shape index (κ3) is 3.23. The third-order valence-electron chi connectivity index (χ3n) is 3.73. The molecule has 2 N–H and O–H groups in total. The van der Waals surface area contributed by atoms with Gasteiger partial charge in [0.1, 0.15) is 0 Å². The largest absolute Gasteiger partial charge is 0.381 e. The van der Waals surface area contributed by atoms with Crippen LogP contribution in [0, 0.1) is 0 Å². The molecule has 1 atom stereocenters. The van der Waals surface area contributed by atoms with E-state index in [1.807, 2.05) is 12.1 Å². The van der Waals surface area contributed by atoms with Gasteiger partial charge >= 0.3 is 0 Å². The van der Waals surface area contributed by atoms with Crippen LogP contribution in [0.25, 0.3) is 0 Å². The first-order valence-corrected chi connectivity index (χ1v) is 6.84. The predicted octanol–water partition coefficient (Wildman–Crippen LogP) is 2.45. The molecule has 1 heterocycles. The van der Waals surface area contributed by atoms with E-state index in [-0.39, 0.29) is 0 Å². The van der Waals surface area contributed by atoms with Crippen LogP contribution in [0.5, 0.6) is 0 Å². The first kappa shape index (κ1) is 13.8. The van der Waals surface area contributed by atoms with Gasteiger partial charge < -0.3 is 10.5 Å². The Morgan fingerprint density at radius 1 is 1.33 bits per heavy atom. The molecule has 0 saturated carbocycles. The normalized spacial score (nSPS) is 19.9. The van der Waals surface area contributed by atoms with Gasteiger partial charge in [-0.1, -0.05) is 23.7 Å². The number of benzene rings is 1. The van der Waals surface area contributed by atoms with Gasteiger partial charge in [-0.3, -0.25) is 4.90 Å². The molecular weight excluding hydrogens is 248 g/mol. The Morgan fingerprint density at radius 2 is 1.94 bits per heavy atom. The lowest BCUT2D eigenvalue weighted by molar-refractivity contribution is 0.0280. The Kier molecular flexibility index (Phi) is 5.01. The summed E-state index contributed by atoms with van der Waals surface area (Å²) < 4.78 is 5.40. The van der Waals surface area contributed by atoms with Crippen LogP contribution in [0.3, 0.4) is 0 Å². The molecule has 0 spiro atoms. The molecular formula is C14H21ClN2O. The molecule has 0 aromatic heterocycles. The number of halogens is 1. The lowest BCUT2D eigenvalue weighted by atomic mass is 10.0. The highest BCUT2D eigenvalue weighted by Gasteiger charge is 2.25. The zero-order valence-electron chi connectivity index (χ0n) is 10.8. The van der Waals surface area contributed by atoms with E-state index >= 15 is 0 Å². The van der Waals surface area contributed by atoms with E-state index in [2.05, 4.69) is 17.0 Å². The summed E-state index contributed by atoms with van der Waals surface area (Å²) in [4.78, 5) is 2.44. The average molecular weight is 269 g/mol. The minimum absolute atomic E-state index is 0.292. The summed E-state index contributed by atoms with van der Waals surface area (Å²) >= 11 is 5.92. The van der Waals surface area contributed by atoms with Gasteiger partial charge in [-0.15, -0.1) is 0 Å². The Labute approximate surface area is 114 Å². The fourth-order valence-electron chi connectivity index (χ4n) is 2.60. The van der Waals surface area contributed by atoms with Crippen LogP contribution in [-0.4, -0.2) is 37.7 Å². The number of methoxy groups -OCH3 is 1. The van der Waals surface area contributed by atoms with E-state index in [9.17, 15) is 0 Å². The zero-order chi connectivity index (χ0) is 13.0. The minimum Gasteiger partial charge on any atom is -0.381 e. The topological polar surface area (TPSA) is 38.5 Å². The van der Waals surface area contributed by atoms with E-state index < -0.39 is 0 Å². The lowest BCUT2D eigenvalue weighted by Gasteiger charge is -2.36. The van der Waals surface area contributed by atoms with Gasteiger partial charge in [0.25, 0.3) is 0 Å². The highest BCUT2D eigenvalue weighted by Crippen LogP contribution is 2.25. The molecule has 1 aromatic rings. The van der Waals surface area contributed by atoms with Gasteiger partial charge in [0.05, 0.1) is 6.10 Å². The van der Waals surface area contributed by atoms with Gasteiger partial charge in [-0.2, -0.15) is 0 Å². The highest BCUT2D eigenvalue weighted by molar-refractivity contribution is 6.30. The quantitative estimate of drug-likeness (QED) is 0.912. The van der Waals surface area contributed by atoms with Crippen LogP contribution >= 0.6 is 11.6 Å². The van der Waals surface area contributed by atoms with Crippen molar-refractivity contribution < 1.29 is 4.74 Å². The maximum atomic E-state index is 5.93. The molecule has 1 aromatic carbocycles. The van der Waals surface area contributed by atoms with Crippen molar-refractivity contribution in [2.24, 2.45) is 5.73 Å². The molecule has 4 heteroatoms. The van der Waals surface area contributed by atoms with Crippen LogP contribution in [0.15, 0.2) is 24.3 Å². The number of hydrogen-bond acceptors (Lipinski definition) is 3. The summed E-state index contributed by atoms with van der Waals surface area (Å²) in [5, 5.41) is 0.771. The van der Waals surface area contributed by atoms with Crippen molar-refractivity contribution in [3.05, 3.63) is 34.9 Å². The van der Waals surface area contributed by atoms with Gasteiger partial charge in [0.2, 0.25) is 0 Å². The van der Waals surface area contributed by atoms with Crippen LogP contribution in [0.2, 0.25) is 5.02 Å². The molecule has 100 valence electrons. The Hall–Kier alpha value is -0.610. The molecule has 1 saturated heterocycles. The van der Waals surface area contributed by atoms with E-state index in [4.69, 9.17) is 22.1 Å². The van der Waals surface area contributed by atoms with Crippen molar-refractivity contribution in [2.75, 3.05) is 26.7 Å². The second kappa shape index (κ2) is 6.53. The number of ether oxygens (including phenoxy) is 1. The summed E-state index contributed by atoms with van der Waals surface area (Å²) in [6.07, 6.45) is 2.58. The van der Waals surface area contributed by atoms with Gasteiger partial charge in [0.15, 0.2) is 0 Å². The Bertz CT molecular complexity index is 361. The van der Waals surface area contributed by atoms with E-state index in [1.54, 1.807) is 7.11 Å². The molecule has 0 radical (unpaired) electrons. The van der Waals surface area contributed by atoms with Crippen LogP contribution < -0.4 is 5.73 Å². The molecule has 1 aliphatic rings. The monoisotopic (exact) mass is 268 g/mol. The Balaban J connectivity index is 2.03. The first-order chi connectivity index (χ1) is 8.74. The first-order valence-electron chi connectivity index (χ1n) is 6.47. The van der Waals surface area contributed by atoms with E-state index in [0.29, 0.717) is 18.7 Å². The van der Waals surface area contributed by atoms with Crippen molar-refractivity contribution >= 4 is 11.6 Å². The van der Waals surface area contributed by atoms with Gasteiger partial charge in [-0.25, -0.2) is 0 Å². The fourth-order valence-corrected chi connectivity index (χ4v) is 2.73. The standard InChI is InChI=1S/C14H21ClN2O/c1-18-13-6-8-17(9-7-13)14(10-16)11-2-4-12(15)5-3-11/h2-5,13-14H,6-10,16H2,1H3. The van der Waals surface area contributed by atoms with E-state index in [0.717, 1.165) is 31.0 Å². The second-order valence-corrected chi connectivity index (χ2v) is 5.21. The average Bonchev–Trinajstić information content (AvgIpc) is 2.42. The summed E-state index contributed by atoms with van der Waals surface area (Å²) in [5.74, 6) is 0. The molecule has 0 aliphatic carbocycles. The smallest absolute Gasteiger partial charge is 0.0595 e. The number of likely N-dealkylation sites (tertiary alicyclic amines) is 1. The SMILES string of the molecule is COC1CCN(C(CN)c2ccc(Cl)cc2)CC1. The van der Waals surface area contributed by atoms with Crippen LogP contribution in [0.4, 0.5) is 0 Å². The molecule has 0 bridgehead atoms. The zero-order valence-corrected chi connectivity index (χ0v) is 11.6. The maximum absolute atomic E-state index is 5.93. The number of nitrogens with zero attached hydrogens (tertiary/aromatic N) is 1. The van der Waals surface area contributed by atoms with Gasteiger partial charge in [-0.05, 0) is 30.5 Å². The molecule has 18 heavy (non-hydrogen) atoms. The highest BCUT2D eigenvalue weighted by atomic mass is 35.5. The summed E-state index contributed by atoms with van der Waals surface area (Å²) in [6.45, 7) is 2.73. The minimum atomic E-state index is 0.292. The van der Waals surface area contributed by atoms with Gasteiger partial charge in [0, 0.05) is 37.8 Å². The maximum Gasteiger partial charge on any atom is 0.0595 e. The van der Waals surface area contributed by atoms with Crippen LogP contribution in [-0.2, 0) is 4.74 Å². The van der Waals surface area contributed by atoms with E-state index in [1.165, 1.54) is 5.56 Å². The van der Waals surface area contributed by atoms with Crippen molar-refractivity contribution in [3.63, 3.8) is 0 Å². The molecule has 0 amide bonds. The molecule has 2 rings (SSSR count). The van der Waals surface area contributed by atoms with Crippen molar-refractivity contribution in [1.82, 2.24) is 4.90 Å². The molecule has 1 unspecified atom stereocenters. The molecule has 3 nitrogen and oxygen atoms in total. The number of rotatable bonds is 4. The predicted molar refractivity (Wildman–Crippen MR) is 74.9 cm³/mol. The summed E-state index contributed by atoms with van der Waals surface area (Å²) in [6, 6.07) is 8.30. The number of nitrogens with two attached hydrogens (primary N) is 1.